The van der Waals surface area contributed by atoms with E-state index in [0.29, 0.717) is 5.75 Å². The van der Waals surface area contributed by atoms with Gasteiger partial charge in [-0.15, -0.1) is 11.8 Å². The molecular weight excluding hydrogens is 322 g/mol. The molecule has 9 heteroatoms. The van der Waals surface area contributed by atoms with Crippen molar-refractivity contribution in [3.05, 3.63) is 27.2 Å². The number of aromatic nitrogens is 2. The van der Waals surface area contributed by atoms with Gasteiger partial charge in [-0.1, -0.05) is 13.5 Å². The molecule has 0 radical (unpaired) electrons. The molecule has 4 unspecified atom stereocenters. The van der Waals surface area contributed by atoms with E-state index in [2.05, 4.69) is 16.5 Å². The quantitative estimate of drug-likeness (QED) is 0.469. The Hall–Kier alpha value is -1.70. The molecule has 1 aromatic heterocycles. The van der Waals surface area contributed by atoms with Gasteiger partial charge in [0.15, 0.2) is 0 Å². The van der Waals surface area contributed by atoms with Crippen LogP contribution in [0.5, 0.6) is 0 Å². The van der Waals surface area contributed by atoms with Gasteiger partial charge in [0, 0.05) is 0 Å². The number of ether oxygens (including phenoxy) is 1. The number of hydrogen-bond acceptors (Lipinski definition) is 8. The van der Waals surface area contributed by atoms with Crippen molar-refractivity contribution in [2.45, 2.75) is 30.8 Å². The second-order valence-corrected chi connectivity index (χ2v) is 6.22. The lowest BCUT2D eigenvalue weighted by Crippen LogP contribution is -2.50. The summed E-state index contributed by atoms with van der Waals surface area (Å²) in [5.74, 6) is 0.503. The number of rotatable bonds is 4. The maximum Gasteiger partial charge on any atom is 0.257 e. The lowest BCUT2D eigenvalue weighted by molar-refractivity contribution is -0.0274. The SMILES string of the molecule is C=c1c(=C(SCC)C2(C#N)OC(CO)C(O)C2O)nc[nH]c1=O. The van der Waals surface area contributed by atoms with Crippen LogP contribution in [0.2, 0.25) is 0 Å². The van der Waals surface area contributed by atoms with Gasteiger partial charge in [-0.05, 0) is 5.75 Å². The van der Waals surface area contributed by atoms with Crippen LogP contribution in [0.3, 0.4) is 0 Å². The van der Waals surface area contributed by atoms with Gasteiger partial charge in [0.2, 0.25) is 5.60 Å². The molecule has 23 heavy (non-hydrogen) atoms. The van der Waals surface area contributed by atoms with Gasteiger partial charge in [0.1, 0.15) is 24.4 Å². The summed E-state index contributed by atoms with van der Waals surface area (Å²) in [5, 5.41) is 39.4. The molecule has 2 rings (SSSR count). The molecule has 4 atom stereocenters. The number of hydrogen-bond donors (Lipinski definition) is 4. The van der Waals surface area contributed by atoms with Crippen molar-refractivity contribution in [3.63, 3.8) is 0 Å². The van der Waals surface area contributed by atoms with Crippen LogP contribution in [0.1, 0.15) is 6.92 Å². The zero-order valence-electron chi connectivity index (χ0n) is 12.4. The van der Waals surface area contributed by atoms with Gasteiger partial charge in [-0.3, -0.25) is 4.79 Å². The number of thioether (sulfide) groups is 1. The second-order valence-electron chi connectivity index (χ2n) is 4.94. The molecule has 1 fully saturated rings. The van der Waals surface area contributed by atoms with Crippen molar-refractivity contribution in [1.29, 1.82) is 5.26 Å². The normalized spacial score (nSPS) is 31.7. The molecule has 0 amide bonds. The summed E-state index contributed by atoms with van der Waals surface area (Å²) in [6.45, 7) is 4.89. The maximum atomic E-state index is 11.8. The fourth-order valence-electron chi connectivity index (χ4n) is 2.42. The highest BCUT2D eigenvalue weighted by atomic mass is 32.2. The third-order valence-corrected chi connectivity index (χ3v) is 4.67. The summed E-state index contributed by atoms with van der Waals surface area (Å²) in [4.78, 5) is 18.4. The number of aliphatic hydroxyl groups is 3. The van der Waals surface area contributed by atoms with E-state index in [1.54, 1.807) is 0 Å². The molecule has 0 aliphatic carbocycles. The van der Waals surface area contributed by atoms with Gasteiger partial charge >= 0.3 is 0 Å². The predicted molar refractivity (Wildman–Crippen MR) is 83.5 cm³/mol. The van der Waals surface area contributed by atoms with Crippen LogP contribution < -0.4 is 16.1 Å². The van der Waals surface area contributed by atoms with Crippen molar-refractivity contribution >= 4 is 23.2 Å². The smallest absolute Gasteiger partial charge is 0.257 e. The van der Waals surface area contributed by atoms with Crippen molar-refractivity contribution in [2.75, 3.05) is 12.4 Å². The zero-order chi connectivity index (χ0) is 17.2. The van der Waals surface area contributed by atoms with Gasteiger partial charge < -0.3 is 25.0 Å². The van der Waals surface area contributed by atoms with E-state index in [4.69, 9.17) is 4.74 Å². The van der Waals surface area contributed by atoms with Gasteiger partial charge in [0.05, 0.1) is 28.4 Å². The van der Waals surface area contributed by atoms with E-state index >= 15 is 0 Å². The summed E-state index contributed by atoms with van der Waals surface area (Å²) >= 11 is 1.15. The lowest BCUT2D eigenvalue weighted by atomic mass is 9.95. The highest BCUT2D eigenvalue weighted by Crippen LogP contribution is 2.41. The van der Waals surface area contributed by atoms with Crippen molar-refractivity contribution < 1.29 is 20.1 Å². The molecular formula is C14H17N3O5S. The lowest BCUT2D eigenvalue weighted by Gasteiger charge is -2.26. The van der Waals surface area contributed by atoms with E-state index in [1.807, 2.05) is 13.0 Å². The Kier molecular flexibility index (Phi) is 5.23. The van der Waals surface area contributed by atoms with Crippen molar-refractivity contribution in [1.82, 2.24) is 9.97 Å². The Morgan fingerprint density at radius 1 is 1.65 bits per heavy atom. The topological polar surface area (TPSA) is 139 Å². The zero-order valence-corrected chi connectivity index (χ0v) is 13.2. The molecule has 1 saturated heterocycles. The standard InChI is InChI=1S/C14H17N3O5S/c1-3-23-12(9-7(2)13(21)17-6-16-9)14(5-15)11(20)10(19)8(4-18)22-14/h6,8,10-11,18-20H,2-4H2,1H3,(H,16,17,21). The number of nitrogens with zero attached hydrogens (tertiary/aromatic N) is 2. The van der Waals surface area contributed by atoms with E-state index in [9.17, 15) is 25.4 Å². The summed E-state index contributed by atoms with van der Waals surface area (Å²) in [6.07, 6.45) is -3.00. The van der Waals surface area contributed by atoms with Crippen molar-refractivity contribution in [3.8, 4) is 6.07 Å². The average molecular weight is 339 g/mol. The molecule has 1 aliphatic rings. The molecule has 0 aromatic carbocycles. The monoisotopic (exact) mass is 339 g/mol. The summed E-state index contributed by atoms with van der Waals surface area (Å²) in [6, 6.07) is 1.87. The molecule has 0 bridgehead atoms. The van der Waals surface area contributed by atoms with Crippen LogP contribution in [-0.2, 0) is 4.74 Å². The second kappa shape index (κ2) is 6.82. The van der Waals surface area contributed by atoms with E-state index in [0.717, 1.165) is 18.1 Å². The average Bonchev–Trinajstić information content (AvgIpc) is 2.81. The molecule has 124 valence electrons. The van der Waals surface area contributed by atoms with Gasteiger partial charge in [-0.25, -0.2) is 4.98 Å². The van der Waals surface area contributed by atoms with E-state index in [-0.39, 0.29) is 15.5 Å². The van der Waals surface area contributed by atoms with Crippen molar-refractivity contribution in [2.24, 2.45) is 0 Å². The van der Waals surface area contributed by atoms with Crippen LogP contribution in [0.25, 0.3) is 11.5 Å². The number of nitrogens with one attached hydrogen (secondary N) is 1. The molecule has 1 aromatic rings. The minimum absolute atomic E-state index is 0.0239. The first kappa shape index (κ1) is 17.7. The third-order valence-electron chi connectivity index (χ3n) is 3.59. The number of nitriles is 1. The Labute approximate surface area is 135 Å². The van der Waals surface area contributed by atoms with Gasteiger partial charge in [0.25, 0.3) is 5.56 Å². The molecule has 0 spiro atoms. The minimum Gasteiger partial charge on any atom is -0.394 e. The summed E-state index contributed by atoms with van der Waals surface area (Å²) in [5.41, 5.74) is -2.41. The summed E-state index contributed by atoms with van der Waals surface area (Å²) < 4.78 is 5.49. The highest BCUT2D eigenvalue weighted by Gasteiger charge is 2.57. The maximum absolute atomic E-state index is 11.8. The van der Waals surface area contributed by atoms with Crippen LogP contribution >= 0.6 is 11.8 Å². The summed E-state index contributed by atoms with van der Waals surface area (Å²) in [7, 11) is 0. The first-order valence-corrected chi connectivity index (χ1v) is 7.87. The van der Waals surface area contributed by atoms with E-state index < -0.39 is 36.1 Å². The van der Waals surface area contributed by atoms with Crippen LogP contribution in [0.4, 0.5) is 0 Å². The Morgan fingerprint density at radius 2 is 2.35 bits per heavy atom. The Bertz CT molecular complexity index is 789. The van der Waals surface area contributed by atoms with Crippen LogP contribution in [0.15, 0.2) is 11.1 Å². The fraction of sp³-hybridized carbons (Fsp3) is 0.500. The molecule has 0 saturated carbocycles. The predicted octanol–water partition coefficient (Wildman–Crippen LogP) is -2.58. The number of aromatic amines is 1. The molecule has 2 heterocycles. The third kappa shape index (κ3) is 2.80. The van der Waals surface area contributed by atoms with Crippen LogP contribution in [0, 0.1) is 11.3 Å². The Morgan fingerprint density at radius 3 is 2.87 bits per heavy atom. The molecule has 1 aliphatic heterocycles. The largest absolute Gasteiger partial charge is 0.394 e. The fourth-order valence-corrected chi connectivity index (χ4v) is 3.45. The molecule has 4 N–H and O–H groups in total. The van der Waals surface area contributed by atoms with E-state index in [1.165, 1.54) is 0 Å². The molecule has 8 nitrogen and oxygen atoms in total. The highest BCUT2D eigenvalue weighted by molar-refractivity contribution is 8.08. The number of H-pyrrole nitrogens is 1. The first-order chi connectivity index (χ1) is 10.9. The van der Waals surface area contributed by atoms with Gasteiger partial charge in [-0.2, -0.15) is 5.26 Å². The first-order valence-electron chi connectivity index (χ1n) is 6.89. The Balaban J connectivity index is 2.80. The minimum atomic E-state index is -1.93. The number of aliphatic hydroxyl groups excluding tert-OH is 3. The van der Waals surface area contributed by atoms with Crippen LogP contribution in [-0.4, -0.2) is 61.6 Å².